The van der Waals surface area contributed by atoms with Crippen molar-refractivity contribution in [3.8, 4) is 0 Å². The van der Waals surface area contributed by atoms with Crippen LogP contribution in [0.2, 0.25) is 0 Å². The summed E-state index contributed by atoms with van der Waals surface area (Å²) in [5, 5.41) is 4.66. The minimum atomic E-state index is -4.07. The SMILES string of the molecule is CC(C)C(NS(=O)(=O)c1ccc(F)cc1)C(=O)NC1CNC(=O)C1=O. The number of benzene rings is 1. The first kappa shape index (κ1) is 19.0. The van der Waals surface area contributed by atoms with Crippen molar-refractivity contribution < 1.29 is 27.2 Å². The van der Waals surface area contributed by atoms with Crippen LogP contribution in [0.3, 0.4) is 0 Å². The normalized spacial score (nSPS) is 19.0. The summed E-state index contributed by atoms with van der Waals surface area (Å²) >= 11 is 0. The topological polar surface area (TPSA) is 121 Å². The molecule has 1 fully saturated rings. The van der Waals surface area contributed by atoms with Crippen LogP contribution < -0.4 is 15.4 Å². The van der Waals surface area contributed by atoms with Gasteiger partial charge in [0, 0.05) is 6.54 Å². The second kappa shape index (κ2) is 7.28. The van der Waals surface area contributed by atoms with Gasteiger partial charge < -0.3 is 10.6 Å². The number of sulfonamides is 1. The second-order valence-corrected chi connectivity index (χ2v) is 7.65. The highest BCUT2D eigenvalue weighted by atomic mass is 32.2. The molecular weight excluding hydrogens is 353 g/mol. The lowest BCUT2D eigenvalue weighted by Gasteiger charge is -2.23. The Morgan fingerprint density at radius 1 is 1.24 bits per heavy atom. The Hall–Kier alpha value is -2.33. The maximum atomic E-state index is 12.9. The standard InChI is InChI=1S/C15H18FN3O5S/c1-8(2)12(14(21)18-11-7-17-15(22)13(11)20)19-25(23,24)10-5-3-9(16)4-6-10/h3-6,8,11-12,19H,7H2,1-2H3,(H,17,22)(H,18,21). The first-order chi connectivity index (χ1) is 11.6. The van der Waals surface area contributed by atoms with Crippen molar-refractivity contribution in [3.63, 3.8) is 0 Å². The van der Waals surface area contributed by atoms with Crippen LogP contribution in [0.5, 0.6) is 0 Å². The Morgan fingerprint density at radius 2 is 1.84 bits per heavy atom. The molecule has 8 nitrogen and oxygen atoms in total. The largest absolute Gasteiger partial charge is 0.347 e. The van der Waals surface area contributed by atoms with E-state index in [2.05, 4.69) is 15.4 Å². The van der Waals surface area contributed by atoms with Crippen LogP contribution in [-0.4, -0.2) is 44.6 Å². The van der Waals surface area contributed by atoms with Gasteiger partial charge in [0.15, 0.2) is 0 Å². The molecule has 2 rings (SSSR count). The van der Waals surface area contributed by atoms with Gasteiger partial charge in [-0.1, -0.05) is 13.8 Å². The zero-order valence-corrected chi connectivity index (χ0v) is 14.4. The molecule has 1 saturated heterocycles. The molecule has 10 heteroatoms. The molecule has 0 radical (unpaired) electrons. The summed E-state index contributed by atoms with van der Waals surface area (Å²) in [5.74, 6) is -3.32. The van der Waals surface area contributed by atoms with Crippen LogP contribution >= 0.6 is 0 Å². The molecule has 25 heavy (non-hydrogen) atoms. The highest BCUT2D eigenvalue weighted by Crippen LogP contribution is 2.13. The second-order valence-electron chi connectivity index (χ2n) is 5.93. The van der Waals surface area contributed by atoms with E-state index in [1.807, 2.05) is 0 Å². The Kier molecular flexibility index (Phi) is 5.53. The number of amides is 2. The van der Waals surface area contributed by atoms with Gasteiger partial charge in [-0.25, -0.2) is 12.8 Å². The third kappa shape index (κ3) is 4.40. The molecule has 136 valence electrons. The average molecular weight is 371 g/mol. The molecule has 2 atom stereocenters. The Bertz CT molecular complexity index is 792. The van der Waals surface area contributed by atoms with Crippen molar-refractivity contribution in [2.24, 2.45) is 5.92 Å². The van der Waals surface area contributed by atoms with Crippen molar-refractivity contribution in [2.45, 2.75) is 30.8 Å². The van der Waals surface area contributed by atoms with E-state index in [-0.39, 0.29) is 11.4 Å². The summed E-state index contributed by atoms with van der Waals surface area (Å²) in [4.78, 5) is 34.9. The maximum absolute atomic E-state index is 12.9. The van der Waals surface area contributed by atoms with Crippen LogP contribution in [0.1, 0.15) is 13.8 Å². The van der Waals surface area contributed by atoms with E-state index in [4.69, 9.17) is 0 Å². The number of halogens is 1. The van der Waals surface area contributed by atoms with Gasteiger partial charge in [-0.2, -0.15) is 4.72 Å². The van der Waals surface area contributed by atoms with Gasteiger partial charge in [0.05, 0.1) is 4.90 Å². The van der Waals surface area contributed by atoms with Crippen LogP contribution in [-0.2, 0) is 24.4 Å². The van der Waals surface area contributed by atoms with E-state index in [9.17, 15) is 27.2 Å². The van der Waals surface area contributed by atoms with Crippen LogP contribution in [0.4, 0.5) is 4.39 Å². The fraction of sp³-hybridized carbons (Fsp3) is 0.400. The third-order valence-corrected chi connectivity index (χ3v) is 5.14. The van der Waals surface area contributed by atoms with Crippen molar-refractivity contribution in [2.75, 3.05) is 6.54 Å². The lowest BCUT2D eigenvalue weighted by molar-refractivity contribution is -0.136. The van der Waals surface area contributed by atoms with Crippen LogP contribution in [0.25, 0.3) is 0 Å². The van der Waals surface area contributed by atoms with Crippen molar-refractivity contribution in [1.82, 2.24) is 15.4 Å². The number of hydrogen-bond acceptors (Lipinski definition) is 5. The van der Waals surface area contributed by atoms with E-state index in [0.717, 1.165) is 24.3 Å². The lowest BCUT2D eigenvalue weighted by Crippen LogP contribution is -2.53. The van der Waals surface area contributed by atoms with Crippen molar-refractivity contribution in [3.05, 3.63) is 30.1 Å². The van der Waals surface area contributed by atoms with E-state index >= 15 is 0 Å². The molecule has 1 heterocycles. The number of nitrogens with one attached hydrogen (secondary N) is 3. The third-order valence-electron chi connectivity index (χ3n) is 3.68. The first-order valence-electron chi connectivity index (χ1n) is 7.52. The molecule has 3 N–H and O–H groups in total. The maximum Gasteiger partial charge on any atom is 0.289 e. The van der Waals surface area contributed by atoms with Gasteiger partial charge in [0.25, 0.3) is 5.91 Å². The molecule has 2 unspecified atom stereocenters. The van der Waals surface area contributed by atoms with Gasteiger partial charge in [0.1, 0.15) is 17.9 Å². The molecule has 0 saturated carbocycles. The first-order valence-corrected chi connectivity index (χ1v) is 9.00. The fourth-order valence-electron chi connectivity index (χ4n) is 2.25. The van der Waals surface area contributed by atoms with Crippen molar-refractivity contribution in [1.29, 1.82) is 0 Å². The van der Waals surface area contributed by atoms with Gasteiger partial charge in [0.2, 0.25) is 21.7 Å². The van der Waals surface area contributed by atoms with Crippen LogP contribution in [0, 0.1) is 11.7 Å². The van der Waals surface area contributed by atoms with E-state index in [1.165, 1.54) is 0 Å². The number of hydrogen-bond donors (Lipinski definition) is 3. The smallest absolute Gasteiger partial charge is 0.289 e. The average Bonchev–Trinajstić information content (AvgIpc) is 2.85. The van der Waals surface area contributed by atoms with E-state index < -0.39 is 51.4 Å². The van der Waals surface area contributed by atoms with Crippen LogP contribution in [0.15, 0.2) is 29.2 Å². The number of ketones is 1. The minimum Gasteiger partial charge on any atom is -0.347 e. The number of Topliss-reactive ketones (excluding diaryl/α,β-unsaturated/α-hetero) is 1. The number of carbonyl (C=O) groups excluding carboxylic acids is 3. The molecule has 1 aliphatic rings. The molecule has 1 aliphatic heterocycles. The Labute approximate surface area is 144 Å². The molecule has 1 aromatic rings. The summed E-state index contributed by atoms with van der Waals surface area (Å²) in [6, 6.07) is 1.95. The summed E-state index contributed by atoms with van der Waals surface area (Å²) < 4.78 is 39.9. The molecular formula is C15H18FN3O5S. The predicted octanol–water partition coefficient (Wildman–Crippen LogP) is -0.688. The Morgan fingerprint density at radius 3 is 2.32 bits per heavy atom. The van der Waals surface area contributed by atoms with Gasteiger partial charge >= 0.3 is 0 Å². The highest BCUT2D eigenvalue weighted by molar-refractivity contribution is 7.89. The lowest BCUT2D eigenvalue weighted by atomic mass is 10.0. The molecule has 2 amide bonds. The zero-order valence-electron chi connectivity index (χ0n) is 13.6. The highest BCUT2D eigenvalue weighted by Gasteiger charge is 2.36. The van der Waals surface area contributed by atoms with Gasteiger partial charge in [-0.15, -0.1) is 0 Å². The van der Waals surface area contributed by atoms with Gasteiger partial charge in [-0.05, 0) is 30.2 Å². The van der Waals surface area contributed by atoms with Crippen molar-refractivity contribution >= 4 is 27.6 Å². The summed E-state index contributed by atoms with van der Waals surface area (Å²) in [7, 11) is -4.07. The summed E-state index contributed by atoms with van der Waals surface area (Å²) in [6.45, 7) is 3.20. The predicted molar refractivity (Wildman–Crippen MR) is 85.3 cm³/mol. The fourth-order valence-corrected chi connectivity index (χ4v) is 3.60. The van der Waals surface area contributed by atoms with Gasteiger partial charge in [-0.3, -0.25) is 14.4 Å². The number of rotatable bonds is 6. The monoisotopic (exact) mass is 371 g/mol. The summed E-state index contributed by atoms with van der Waals surface area (Å²) in [6.07, 6.45) is 0. The van der Waals surface area contributed by atoms with E-state index in [1.54, 1.807) is 13.8 Å². The number of carbonyl (C=O) groups is 3. The molecule has 0 aliphatic carbocycles. The zero-order chi connectivity index (χ0) is 18.8. The molecule has 1 aromatic carbocycles. The quantitative estimate of drug-likeness (QED) is 0.572. The molecule has 0 bridgehead atoms. The molecule has 0 spiro atoms. The molecule has 0 aromatic heterocycles. The van der Waals surface area contributed by atoms with E-state index in [0.29, 0.717) is 0 Å². The summed E-state index contributed by atoms with van der Waals surface area (Å²) in [5.41, 5.74) is 0. The Balaban J connectivity index is 2.14. The minimum absolute atomic E-state index is 0.0427.